The van der Waals surface area contributed by atoms with Gasteiger partial charge in [-0.3, -0.25) is 4.79 Å². The first kappa shape index (κ1) is 10.9. The molecule has 0 heterocycles. The fourth-order valence-corrected chi connectivity index (χ4v) is 1.20. The van der Waals surface area contributed by atoms with E-state index in [1.165, 1.54) is 0 Å². The maximum absolute atomic E-state index is 10.5. The number of rotatable bonds is 4. The van der Waals surface area contributed by atoms with Gasteiger partial charge in [-0.2, -0.15) is 5.26 Å². The highest BCUT2D eigenvalue weighted by atomic mass is 16.4. The molecule has 0 aliphatic rings. The minimum absolute atomic E-state index is 0.0570. The van der Waals surface area contributed by atoms with Gasteiger partial charge in [-0.25, -0.2) is 0 Å². The molecule has 76 valence electrons. The summed E-state index contributed by atoms with van der Waals surface area (Å²) in [6.07, 6.45) is 0.505. The van der Waals surface area contributed by atoms with E-state index in [0.29, 0.717) is 17.4 Å². The van der Waals surface area contributed by atoms with Crippen LogP contribution in [-0.2, 0) is 16.0 Å². The van der Waals surface area contributed by atoms with Crippen molar-refractivity contribution in [2.45, 2.75) is 12.3 Å². The van der Waals surface area contributed by atoms with Crippen molar-refractivity contribution in [1.82, 2.24) is 0 Å². The molecule has 4 heteroatoms. The third kappa shape index (κ3) is 2.92. The van der Waals surface area contributed by atoms with Gasteiger partial charge in [0.25, 0.3) is 0 Å². The van der Waals surface area contributed by atoms with E-state index in [-0.39, 0.29) is 6.42 Å². The van der Waals surface area contributed by atoms with E-state index < -0.39 is 11.9 Å². The molecule has 0 amide bonds. The summed E-state index contributed by atoms with van der Waals surface area (Å²) in [5.41, 5.74) is 1.23. The summed E-state index contributed by atoms with van der Waals surface area (Å²) in [4.78, 5) is 20.9. The molecule has 0 aliphatic carbocycles. The summed E-state index contributed by atoms with van der Waals surface area (Å²) in [5, 5.41) is 17.1. The number of benzene rings is 1. The number of carbonyl (C=O) groups excluding carboxylic acids is 1. The molecule has 1 aromatic carbocycles. The summed E-state index contributed by atoms with van der Waals surface area (Å²) >= 11 is 0. The maximum Gasteiger partial charge on any atom is 0.307 e. The average Bonchev–Trinajstić information content (AvgIpc) is 2.21. The monoisotopic (exact) mass is 203 g/mol. The summed E-state index contributed by atoms with van der Waals surface area (Å²) < 4.78 is 0. The summed E-state index contributed by atoms with van der Waals surface area (Å²) in [6.45, 7) is 0. The smallest absolute Gasteiger partial charge is 0.307 e. The molecule has 15 heavy (non-hydrogen) atoms. The van der Waals surface area contributed by atoms with Crippen molar-refractivity contribution in [1.29, 1.82) is 5.26 Å². The zero-order chi connectivity index (χ0) is 11.3. The van der Waals surface area contributed by atoms with Crippen LogP contribution in [0.25, 0.3) is 0 Å². The van der Waals surface area contributed by atoms with Crippen molar-refractivity contribution in [3.05, 3.63) is 35.4 Å². The molecule has 1 N–H and O–H groups in total. The van der Waals surface area contributed by atoms with E-state index in [4.69, 9.17) is 10.4 Å². The molecule has 0 aliphatic heterocycles. The normalized spacial score (nSPS) is 11.4. The lowest BCUT2D eigenvalue weighted by Crippen LogP contribution is -2.01. The maximum atomic E-state index is 10.5. The van der Waals surface area contributed by atoms with Crippen LogP contribution >= 0.6 is 0 Å². The SMILES string of the molecule is N#CC(C=O)c1ccc(CC(=O)O)cc1. The Labute approximate surface area is 86.8 Å². The predicted molar refractivity (Wildman–Crippen MR) is 52.2 cm³/mol. The van der Waals surface area contributed by atoms with Crippen LogP contribution in [0, 0.1) is 11.3 Å². The number of aliphatic carboxylic acids is 1. The zero-order valence-electron chi connectivity index (χ0n) is 7.88. The molecule has 1 aromatic rings. The van der Waals surface area contributed by atoms with Crippen LogP contribution in [0.5, 0.6) is 0 Å². The number of hydrogen-bond acceptors (Lipinski definition) is 3. The molecule has 1 atom stereocenters. The molecule has 0 saturated carbocycles. The lowest BCUT2D eigenvalue weighted by molar-refractivity contribution is -0.136. The topological polar surface area (TPSA) is 78.2 Å². The van der Waals surface area contributed by atoms with Crippen LogP contribution in [-0.4, -0.2) is 17.4 Å². The number of nitriles is 1. The lowest BCUT2D eigenvalue weighted by atomic mass is 10.00. The minimum atomic E-state index is -0.907. The van der Waals surface area contributed by atoms with Crippen molar-refractivity contribution < 1.29 is 14.7 Å². The molecule has 0 saturated heterocycles. The van der Waals surface area contributed by atoms with Gasteiger partial charge in [0.05, 0.1) is 12.5 Å². The molecular formula is C11H9NO3. The van der Waals surface area contributed by atoms with Crippen LogP contribution in [0.1, 0.15) is 17.0 Å². The number of hydrogen-bond donors (Lipinski definition) is 1. The Morgan fingerprint density at radius 1 is 1.47 bits per heavy atom. The third-order valence-corrected chi connectivity index (χ3v) is 1.97. The van der Waals surface area contributed by atoms with Crippen LogP contribution in [0.4, 0.5) is 0 Å². The van der Waals surface area contributed by atoms with Crippen molar-refractivity contribution >= 4 is 12.3 Å². The van der Waals surface area contributed by atoms with E-state index in [9.17, 15) is 9.59 Å². The second-order valence-electron chi connectivity index (χ2n) is 3.05. The van der Waals surface area contributed by atoms with Crippen LogP contribution in [0.3, 0.4) is 0 Å². The molecular weight excluding hydrogens is 194 g/mol. The van der Waals surface area contributed by atoms with E-state index in [2.05, 4.69) is 0 Å². The van der Waals surface area contributed by atoms with Gasteiger partial charge >= 0.3 is 5.97 Å². The van der Waals surface area contributed by atoms with Gasteiger partial charge in [0.1, 0.15) is 12.2 Å². The molecule has 0 aromatic heterocycles. The van der Waals surface area contributed by atoms with E-state index in [0.717, 1.165) is 0 Å². The number of nitrogens with zero attached hydrogens (tertiary/aromatic N) is 1. The Hall–Kier alpha value is -2.15. The average molecular weight is 203 g/mol. The third-order valence-electron chi connectivity index (χ3n) is 1.97. The Bertz CT molecular complexity index is 403. The second-order valence-corrected chi connectivity index (χ2v) is 3.05. The van der Waals surface area contributed by atoms with Gasteiger partial charge in [-0.1, -0.05) is 24.3 Å². The Morgan fingerprint density at radius 3 is 2.47 bits per heavy atom. The summed E-state index contributed by atoms with van der Waals surface area (Å²) in [6, 6.07) is 8.26. The van der Waals surface area contributed by atoms with E-state index in [1.54, 1.807) is 24.3 Å². The Balaban J connectivity index is 2.85. The van der Waals surface area contributed by atoms with Gasteiger partial charge in [-0.15, -0.1) is 0 Å². The number of aldehydes is 1. The molecule has 0 radical (unpaired) electrons. The van der Waals surface area contributed by atoms with E-state index >= 15 is 0 Å². The number of carboxylic acid groups (broad SMARTS) is 1. The summed E-state index contributed by atoms with van der Waals surface area (Å²) in [7, 11) is 0. The first-order chi connectivity index (χ1) is 7.17. The zero-order valence-corrected chi connectivity index (χ0v) is 7.88. The molecule has 1 rings (SSSR count). The van der Waals surface area contributed by atoms with Crippen LogP contribution in [0.15, 0.2) is 24.3 Å². The van der Waals surface area contributed by atoms with E-state index in [1.807, 2.05) is 6.07 Å². The van der Waals surface area contributed by atoms with Gasteiger partial charge < -0.3 is 9.90 Å². The van der Waals surface area contributed by atoms with Gasteiger partial charge in [-0.05, 0) is 11.1 Å². The Morgan fingerprint density at radius 2 is 2.07 bits per heavy atom. The summed E-state index contributed by atoms with van der Waals surface area (Å²) in [5.74, 6) is -1.68. The fourth-order valence-electron chi connectivity index (χ4n) is 1.20. The van der Waals surface area contributed by atoms with Crippen LogP contribution < -0.4 is 0 Å². The lowest BCUT2D eigenvalue weighted by Gasteiger charge is -2.02. The molecule has 4 nitrogen and oxygen atoms in total. The first-order valence-corrected chi connectivity index (χ1v) is 4.33. The van der Waals surface area contributed by atoms with Gasteiger partial charge in [0.2, 0.25) is 0 Å². The minimum Gasteiger partial charge on any atom is -0.481 e. The molecule has 0 bridgehead atoms. The largest absolute Gasteiger partial charge is 0.481 e. The molecule has 0 spiro atoms. The molecule has 0 fully saturated rings. The first-order valence-electron chi connectivity index (χ1n) is 4.33. The van der Waals surface area contributed by atoms with Gasteiger partial charge in [0, 0.05) is 0 Å². The van der Waals surface area contributed by atoms with Crippen molar-refractivity contribution in [2.24, 2.45) is 0 Å². The van der Waals surface area contributed by atoms with Crippen LogP contribution in [0.2, 0.25) is 0 Å². The second kappa shape index (κ2) is 4.91. The quantitative estimate of drug-likeness (QED) is 0.744. The standard InChI is InChI=1S/C11H9NO3/c12-6-10(7-13)9-3-1-8(2-4-9)5-11(14)15/h1-4,7,10H,5H2,(H,14,15). The van der Waals surface area contributed by atoms with Gasteiger partial charge in [0.15, 0.2) is 0 Å². The molecule has 1 unspecified atom stereocenters. The highest BCUT2D eigenvalue weighted by Gasteiger charge is 2.08. The fraction of sp³-hybridized carbons (Fsp3) is 0.182. The highest BCUT2D eigenvalue weighted by molar-refractivity contribution is 5.70. The predicted octanol–water partition coefficient (Wildman–Crippen LogP) is 1.12. The number of carbonyl (C=O) groups is 2. The Kier molecular flexibility index (Phi) is 3.58. The van der Waals surface area contributed by atoms with Crippen molar-refractivity contribution in [3.63, 3.8) is 0 Å². The highest BCUT2D eigenvalue weighted by Crippen LogP contribution is 2.13. The number of carboxylic acids is 1. The van der Waals surface area contributed by atoms with Crippen molar-refractivity contribution in [3.8, 4) is 6.07 Å². The van der Waals surface area contributed by atoms with Crippen molar-refractivity contribution in [2.75, 3.05) is 0 Å².